The molecule has 0 saturated heterocycles. The molecule has 0 aliphatic rings. The van der Waals surface area contributed by atoms with Crippen LogP contribution in [0.1, 0.15) is 25.0 Å². The maximum absolute atomic E-state index is 8.90. The molecule has 0 aliphatic carbocycles. The number of aliphatic hydroxyl groups excluding tert-OH is 1. The Hall–Kier alpha value is -0.820. The van der Waals surface area contributed by atoms with Gasteiger partial charge in [-0.15, -0.1) is 0 Å². The van der Waals surface area contributed by atoms with E-state index in [1.807, 2.05) is 12.1 Å². The third kappa shape index (κ3) is 2.67. The lowest BCUT2D eigenvalue weighted by atomic mass is 10.0. The average molecular weight is 164 g/mol. The molecule has 1 nitrogen and oxygen atoms in total. The van der Waals surface area contributed by atoms with Gasteiger partial charge in [-0.2, -0.15) is 0 Å². The van der Waals surface area contributed by atoms with Crippen molar-refractivity contribution in [3.05, 3.63) is 35.4 Å². The maximum Gasteiger partial charge on any atom is 0.0681 e. The second-order valence-corrected chi connectivity index (χ2v) is 3.58. The normalized spacial score (nSPS) is 10.7. The Morgan fingerprint density at radius 1 is 1.25 bits per heavy atom. The van der Waals surface area contributed by atoms with E-state index in [2.05, 4.69) is 26.0 Å². The Kier molecular flexibility index (Phi) is 3.30. The zero-order valence-corrected chi connectivity index (χ0v) is 7.75. The molecule has 0 fully saturated rings. The molecule has 0 heterocycles. The molecule has 0 aliphatic heterocycles. The van der Waals surface area contributed by atoms with Crippen LogP contribution in [0.3, 0.4) is 0 Å². The summed E-state index contributed by atoms with van der Waals surface area (Å²) in [6, 6.07) is 8.13. The van der Waals surface area contributed by atoms with E-state index in [0.29, 0.717) is 5.92 Å². The molecule has 0 spiro atoms. The number of hydrogen-bond acceptors (Lipinski definition) is 1. The van der Waals surface area contributed by atoms with Crippen LogP contribution in [0.2, 0.25) is 0 Å². The summed E-state index contributed by atoms with van der Waals surface area (Å²) < 4.78 is 0. The second kappa shape index (κ2) is 4.27. The fourth-order valence-electron chi connectivity index (χ4n) is 1.33. The van der Waals surface area contributed by atoms with Crippen LogP contribution in [0.25, 0.3) is 0 Å². The molecule has 0 bridgehead atoms. The van der Waals surface area contributed by atoms with Gasteiger partial charge in [-0.25, -0.2) is 0 Å². The van der Waals surface area contributed by atoms with Gasteiger partial charge in [0.25, 0.3) is 0 Å². The third-order valence-corrected chi connectivity index (χ3v) is 1.82. The molecular formula is C11H16O. The summed E-state index contributed by atoms with van der Waals surface area (Å²) in [5, 5.41) is 8.90. The van der Waals surface area contributed by atoms with E-state index in [1.54, 1.807) is 0 Å². The zero-order chi connectivity index (χ0) is 8.97. The monoisotopic (exact) mass is 164 g/mol. The first kappa shape index (κ1) is 9.27. The third-order valence-electron chi connectivity index (χ3n) is 1.82. The molecular weight excluding hydrogens is 148 g/mol. The molecule has 0 aromatic heterocycles. The lowest BCUT2D eigenvalue weighted by Gasteiger charge is -2.05. The Morgan fingerprint density at radius 2 is 1.92 bits per heavy atom. The van der Waals surface area contributed by atoms with Crippen LogP contribution < -0.4 is 0 Å². The molecule has 1 heteroatoms. The van der Waals surface area contributed by atoms with E-state index in [0.717, 1.165) is 12.0 Å². The van der Waals surface area contributed by atoms with Gasteiger partial charge in [0, 0.05) is 0 Å². The van der Waals surface area contributed by atoms with Crippen LogP contribution >= 0.6 is 0 Å². The first-order chi connectivity index (χ1) is 5.72. The molecule has 0 radical (unpaired) electrons. The maximum atomic E-state index is 8.90. The topological polar surface area (TPSA) is 20.2 Å². The lowest BCUT2D eigenvalue weighted by Crippen LogP contribution is -1.94. The molecule has 0 amide bonds. The molecule has 0 unspecified atom stereocenters. The van der Waals surface area contributed by atoms with Gasteiger partial charge in [0.2, 0.25) is 0 Å². The predicted molar refractivity (Wildman–Crippen MR) is 50.9 cm³/mol. The smallest absolute Gasteiger partial charge is 0.0681 e. The summed E-state index contributed by atoms with van der Waals surface area (Å²) in [7, 11) is 0. The van der Waals surface area contributed by atoms with Crippen LogP contribution in [0, 0.1) is 5.92 Å². The van der Waals surface area contributed by atoms with Crippen LogP contribution in [0.4, 0.5) is 0 Å². The number of rotatable bonds is 3. The van der Waals surface area contributed by atoms with Gasteiger partial charge in [0.15, 0.2) is 0 Å². The standard InChI is InChI=1S/C11H16O/c1-9(2)6-10-4-3-5-11(7-10)8-12/h3-5,7,9,12H,6,8H2,1-2H3. The Bertz CT molecular complexity index is 241. The van der Waals surface area contributed by atoms with Crippen molar-refractivity contribution in [1.29, 1.82) is 0 Å². The van der Waals surface area contributed by atoms with Crippen LogP contribution in [0.5, 0.6) is 0 Å². The largest absolute Gasteiger partial charge is 0.392 e. The summed E-state index contributed by atoms with van der Waals surface area (Å²) in [4.78, 5) is 0. The fraction of sp³-hybridized carbons (Fsp3) is 0.455. The summed E-state index contributed by atoms with van der Waals surface area (Å²) in [6.07, 6.45) is 1.09. The van der Waals surface area contributed by atoms with E-state index in [4.69, 9.17) is 5.11 Å². The first-order valence-electron chi connectivity index (χ1n) is 4.41. The highest BCUT2D eigenvalue weighted by Crippen LogP contribution is 2.10. The van der Waals surface area contributed by atoms with Gasteiger partial charge in [0.1, 0.15) is 0 Å². The van der Waals surface area contributed by atoms with Crippen molar-refractivity contribution in [2.45, 2.75) is 26.9 Å². The number of hydrogen-bond donors (Lipinski definition) is 1. The predicted octanol–water partition coefficient (Wildman–Crippen LogP) is 2.38. The average Bonchev–Trinajstić information content (AvgIpc) is 2.03. The highest BCUT2D eigenvalue weighted by Gasteiger charge is 1.97. The lowest BCUT2D eigenvalue weighted by molar-refractivity contribution is 0.281. The summed E-state index contributed by atoms with van der Waals surface area (Å²) in [5.74, 6) is 0.680. The van der Waals surface area contributed by atoms with Crippen molar-refractivity contribution in [1.82, 2.24) is 0 Å². The SMILES string of the molecule is CC(C)Cc1cccc(CO)c1. The minimum Gasteiger partial charge on any atom is -0.392 e. The molecule has 0 atom stereocenters. The first-order valence-corrected chi connectivity index (χ1v) is 4.41. The zero-order valence-electron chi connectivity index (χ0n) is 7.75. The van der Waals surface area contributed by atoms with Crippen LogP contribution in [-0.2, 0) is 13.0 Å². The van der Waals surface area contributed by atoms with E-state index in [-0.39, 0.29) is 6.61 Å². The highest BCUT2D eigenvalue weighted by atomic mass is 16.3. The Labute approximate surface area is 74.1 Å². The molecule has 1 aromatic carbocycles. The molecule has 66 valence electrons. The van der Waals surface area contributed by atoms with Crippen LogP contribution in [-0.4, -0.2) is 5.11 Å². The minimum atomic E-state index is 0.145. The van der Waals surface area contributed by atoms with E-state index >= 15 is 0 Å². The quantitative estimate of drug-likeness (QED) is 0.727. The van der Waals surface area contributed by atoms with E-state index < -0.39 is 0 Å². The highest BCUT2D eigenvalue weighted by molar-refractivity contribution is 5.23. The molecule has 0 saturated carbocycles. The molecule has 1 N–H and O–H groups in total. The number of benzene rings is 1. The van der Waals surface area contributed by atoms with Crippen molar-refractivity contribution in [2.24, 2.45) is 5.92 Å². The van der Waals surface area contributed by atoms with Crippen molar-refractivity contribution in [3.63, 3.8) is 0 Å². The Balaban J connectivity index is 2.72. The fourth-order valence-corrected chi connectivity index (χ4v) is 1.33. The summed E-state index contributed by atoms with van der Waals surface area (Å²) in [6.45, 7) is 4.54. The summed E-state index contributed by atoms with van der Waals surface area (Å²) >= 11 is 0. The second-order valence-electron chi connectivity index (χ2n) is 3.58. The van der Waals surface area contributed by atoms with Crippen molar-refractivity contribution in [3.8, 4) is 0 Å². The molecule has 12 heavy (non-hydrogen) atoms. The van der Waals surface area contributed by atoms with Gasteiger partial charge in [-0.05, 0) is 23.5 Å². The van der Waals surface area contributed by atoms with Crippen molar-refractivity contribution in [2.75, 3.05) is 0 Å². The summed E-state index contributed by atoms with van der Waals surface area (Å²) in [5.41, 5.74) is 2.32. The van der Waals surface area contributed by atoms with Gasteiger partial charge < -0.3 is 5.11 Å². The van der Waals surface area contributed by atoms with Crippen LogP contribution in [0.15, 0.2) is 24.3 Å². The van der Waals surface area contributed by atoms with Gasteiger partial charge in [0.05, 0.1) is 6.61 Å². The van der Waals surface area contributed by atoms with E-state index in [1.165, 1.54) is 5.56 Å². The molecule has 1 aromatic rings. The van der Waals surface area contributed by atoms with Crippen molar-refractivity contribution >= 4 is 0 Å². The van der Waals surface area contributed by atoms with Crippen molar-refractivity contribution < 1.29 is 5.11 Å². The Morgan fingerprint density at radius 3 is 2.50 bits per heavy atom. The minimum absolute atomic E-state index is 0.145. The van der Waals surface area contributed by atoms with Gasteiger partial charge >= 0.3 is 0 Å². The van der Waals surface area contributed by atoms with E-state index in [9.17, 15) is 0 Å². The number of aliphatic hydroxyl groups is 1. The van der Waals surface area contributed by atoms with Gasteiger partial charge in [-0.3, -0.25) is 0 Å². The van der Waals surface area contributed by atoms with Gasteiger partial charge in [-0.1, -0.05) is 38.1 Å². The molecule has 1 rings (SSSR count).